The van der Waals surface area contributed by atoms with Crippen molar-refractivity contribution in [2.45, 2.75) is 12.8 Å². The van der Waals surface area contributed by atoms with Gasteiger partial charge in [-0.05, 0) is 25.0 Å². The molecule has 100 valence electrons. The van der Waals surface area contributed by atoms with Crippen LogP contribution in [0.15, 0.2) is 18.2 Å². The summed E-state index contributed by atoms with van der Waals surface area (Å²) in [6.07, 6.45) is 0.524. The molecule has 4 nitrogen and oxygen atoms in total. The van der Waals surface area contributed by atoms with Gasteiger partial charge < -0.3 is 10.1 Å². The maximum atomic E-state index is 13.4. The summed E-state index contributed by atoms with van der Waals surface area (Å²) in [5.41, 5.74) is -1.34. The van der Waals surface area contributed by atoms with Crippen molar-refractivity contribution in [3.63, 3.8) is 0 Å². The maximum Gasteiger partial charge on any atom is 0.245 e. The van der Waals surface area contributed by atoms with Crippen LogP contribution in [0.2, 0.25) is 0 Å². The lowest BCUT2D eigenvalue weighted by atomic mass is 9.81. The number of nitrogens with one attached hydrogen (secondary N) is 1. The van der Waals surface area contributed by atoms with E-state index < -0.39 is 23.0 Å². The van der Waals surface area contributed by atoms with Gasteiger partial charge in [0.1, 0.15) is 17.0 Å². The van der Waals surface area contributed by atoms with Gasteiger partial charge in [0.2, 0.25) is 5.91 Å². The van der Waals surface area contributed by atoms with Crippen LogP contribution >= 0.6 is 0 Å². The molecular weight excluding hydrogens is 254 g/mol. The number of ether oxygens (including phenoxy) is 1. The Kier molecular flexibility index (Phi) is 3.76. The van der Waals surface area contributed by atoms with Crippen molar-refractivity contribution < 1.29 is 18.3 Å². The minimum atomic E-state index is -1.21. The lowest BCUT2D eigenvalue weighted by Gasteiger charge is -2.29. The monoisotopic (exact) mass is 266 g/mol. The minimum Gasteiger partial charge on any atom is -0.381 e. The molecule has 1 aliphatic rings. The number of carbonyl (C=O) groups excluding carboxylic acids is 1. The largest absolute Gasteiger partial charge is 0.381 e. The third kappa shape index (κ3) is 2.71. The van der Waals surface area contributed by atoms with Crippen molar-refractivity contribution in [1.29, 1.82) is 5.26 Å². The number of nitriles is 1. The molecule has 1 fully saturated rings. The predicted molar refractivity (Wildman–Crippen MR) is 63.1 cm³/mol. The molecule has 1 heterocycles. The van der Waals surface area contributed by atoms with Gasteiger partial charge >= 0.3 is 0 Å². The molecule has 0 atom stereocenters. The fourth-order valence-corrected chi connectivity index (χ4v) is 1.94. The zero-order valence-electron chi connectivity index (χ0n) is 10.1. The third-order valence-corrected chi connectivity index (χ3v) is 3.17. The van der Waals surface area contributed by atoms with E-state index in [1.807, 2.05) is 6.07 Å². The van der Waals surface area contributed by atoms with Gasteiger partial charge in [0.05, 0.1) is 11.8 Å². The summed E-state index contributed by atoms with van der Waals surface area (Å²) >= 11 is 0. The fraction of sp³-hybridized carbons (Fsp3) is 0.385. The van der Waals surface area contributed by atoms with Gasteiger partial charge in [-0.15, -0.1) is 0 Å². The zero-order chi connectivity index (χ0) is 13.9. The second-order valence-electron chi connectivity index (χ2n) is 4.38. The summed E-state index contributed by atoms with van der Waals surface area (Å²) in [6.45, 7) is 0.625. The molecule has 0 spiro atoms. The van der Waals surface area contributed by atoms with Gasteiger partial charge in [0.25, 0.3) is 0 Å². The van der Waals surface area contributed by atoms with E-state index >= 15 is 0 Å². The molecule has 0 aromatic heterocycles. The lowest BCUT2D eigenvalue weighted by Crippen LogP contribution is -2.40. The topological polar surface area (TPSA) is 62.1 Å². The van der Waals surface area contributed by atoms with Crippen LogP contribution < -0.4 is 5.32 Å². The molecule has 1 amide bonds. The summed E-state index contributed by atoms with van der Waals surface area (Å²) in [5, 5.41) is 11.5. The Balaban J connectivity index is 2.18. The van der Waals surface area contributed by atoms with Crippen LogP contribution in [-0.2, 0) is 9.53 Å². The van der Waals surface area contributed by atoms with Crippen LogP contribution in [0.4, 0.5) is 14.5 Å². The van der Waals surface area contributed by atoms with Crippen molar-refractivity contribution in [3.8, 4) is 6.07 Å². The summed E-state index contributed by atoms with van der Waals surface area (Å²) < 4.78 is 31.3. The highest BCUT2D eigenvalue weighted by Crippen LogP contribution is 2.31. The number of benzene rings is 1. The van der Waals surface area contributed by atoms with Crippen LogP contribution in [0.25, 0.3) is 0 Å². The average molecular weight is 266 g/mol. The Labute approximate surface area is 109 Å². The summed E-state index contributed by atoms with van der Waals surface area (Å²) in [4.78, 5) is 12.1. The van der Waals surface area contributed by atoms with Crippen molar-refractivity contribution >= 4 is 11.6 Å². The van der Waals surface area contributed by atoms with E-state index in [0.29, 0.717) is 19.3 Å². The summed E-state index contributed by atoms with van der Waals surface area (Å²) in [5.74, 6) is -2.17. The highest BCUT2D eigenvalue weighted by atomic mass is 19.1. The van der Waals surface area contributed by atoms with E-state index in [2.05, 4.69) is 5.32 Å². The van der Waals surface area contributed by atoms with E-state index in [1.54, 1.807) is 0 Å². The second kappa shape index (κ2) is 5.33. The molecule has 1 N–H and O–H groups in total. The van der Waals surface area contributed by atoms with Crippen LogP contribution in [0.5, 0.6) is 0 Å². The molecule has 1 aromatic carbocycles. The quantitative estimate of drug-likeness (QED) is 0.892. The van der Waals surface area contributed by atoms with Crippen molar-refractivity contribution in [1.82, 2.24) is 0 Å². The third-order valence-electron chi connectivity index (χ3n) is 3.17. The zero-order valence-corrected chi connectivity index (χ0v) is 10.1. The van der Waals surface area contributed by atoms with Crippen molar-refractivity contribution in [2.24, 2.45) is 5.41 Å². The second-order valence-corrected chi connectivity index (χ2v) is 4.38. The van der Waals surface area contributed by atoms with E-state index in [0.717, 1.165) is 12.1 Å². The summed E-state index contributed by atoms with van der Waals surface area (Å²) in [7, 11) is 0. The molecule has 6 heteroatoms. The van der Waals surface area contributed by atoms with E-state index in [-0.39, 0.29) is 18.5 Å². The van der Waals surface area contributed by atoms with Gasteiger partial charge in [0.15, 0.2) is 0 Å². The van der Waals surface area contributed by atoms with Crippen LogP contribution in [0.1, 0.15) is 12.8 Å². The fourth-order valence-electron chi connectivity index (χ4n) is 1.94. The Morgan fingerprint density at radius 3 is 2.63 bits per heavy atom. The number of amides is 1. The van der Waals surface area contributed by atoms with Gasteiger partial charge in [-0.2, -0.15) is 5.26 Å². The Bertz CT molecular complexity index is 534. The minimum absolute atomic E-state index is 0.132. The van der Waals surface area contributed by atoms with Gasteiger partial charge in [-0.25, -0.2) is 8.78 Å². The number of anilines is 1. The molecule has 0 saturated carbocycles. The number of nitrogens with zero attached hydrogens (tertiary/aromatic N) is 1. The molecule has 1 aliphatic heterocycles. The predicted octanol–water partition coefficient (Wildman–Crippen LogP) is 2.22. The van der Waals surface area contributed by atoms with E-state index in [9.17, 15) is 18.8 Å². The maximum absolute atomic E-state index is 13.4. The first-order valence-electron chi connectivity index (χ1n) is 5.83. The highest BCUT2D eigenvalue weighted by Gasteiger charge is 2.40. The van der Waals surface area contributed by atoms with Gasteiger partial charge in [-0.3, -0.25) is 4.79 Å². The van der Waals surface area contributed by atoms with Crippen LogP contribution in [0.3, 0.4) is 0 Å². The smallest absolute Gasteiger partial charge is 0.245 e. The molecule has 1 saturated heterocycles. The lowest BCUT2D eigenvalue weighted by molar-refractivity contribution is -0.126. The number of carbonyl (C=O) groups is 1. The first-order valence-corrected chi connectivity index (χ1v) is 5.83. The van der Waals surface area contributed by atoms with Crippen LogP contribution in [0, 0.1) is 28.4 Å². The number of halogens is 2. The Hall–Kier alpha value is -2.00. The van der Waals surface area contributed by atoms with E-state index in [4.69, 9.17) is 4.74 Å². The first-order chi connectivity index (χ1) is 9.07. The van der Waals surface area contributed by atoms with E-state index in [1.165, 1.54) is 0 Å². The average Bonchev–Trinajstić information content (AvgIpc) is 2.42. The molecule has 0 radical (unpaired) electrons. The molecular formula is C13H12F2N2O2. The normalized spacial score (nSPS) is 17.5. The van der Waals surface area contributed by atoms with Crippen molar-refractivity contribution in [3.05, 3.63) is 29.8 Å². The molecule has 19 heavy (non-hydrogen) atoms. The highest BCUT2D eigenvalue weighted by molar-refractivity contribution is 5.97. The Morgan fingerprint density at radius 1 is 1.37 bits per heavy atom. The molecule has 0 aliphatic carbocycles. The number of hydrogen-bond donors (Lipinski definition) is 1. The number of hydrogen-bond acceptors (Lipinski definition) is 3. The molecule has 1 aromatic rings. The van der Waals surface area contributed by atoms with Gasteiger partial charge in [0, 0.05) is 19.3 Å². The van der Waals surface area contributed by atoms with Crippen LogP contribution in [-0.4, -0.2) is 19.1 Å². The Morgan fingerprint density at radius 2 is 2.05 bits per heavy atom. The SMILES string of the molecule is N#CC1(C(=O)Nc2ccc(F)cc2F)CCOCC1. The molecule has 0 unspecified atom stereocenters. The number of rotatable bonds is 2. The molecule has 2 rings (SSSR count). The standard InChI is InChI=1S/C13H12F2N2O2/c14-9-1-2-11(10(15)7-9)17-12(18)13(8-16)3-5-19-6-4-13/h1-2,7H,3-6H2,(H,17,18). The van der Waals surface area contributed by atoms with Crippen molar-refractivity contribution in [2.75, 3.05) is 18.5 Å². The first kappa shape index (κ1) is 13.4. The molecule has 0 bridgehead atoms. The summed E-state index contributed by atoms with van der Waals surface area (Å²) in [6, 6.07) is 4.83. The van der Waals surface area contributed by atoms with Gasteiger partial charge in [-0.1, -0.05) is 0 Å².